The Kier molecular flexibility index (Phi) is 6.87. The fourth-order valence-corrected chi connectivity index (χ4v) is 2.55. The van der Waals surface area contributed by atoms with Crippen molar-refractivity contribution in [3.05, 3.63) is 35.6 Å². The molecule has 0 saturated carbocycles. The standard InChI is InChI=1S/C17H23FN2O/c1-3-10-17(13-19,11-4-2)16(21)20-12-9-14-7-5-6-8-15(14)18/h5-8H,3-4,9-12H2,1-2H3,(H,20,21). The van der Waals surface area contributed by atoms with Gasteiger partial charge in [0.05, 0.1) is 6.07 Å². The van der Waals surface area contributed by atoms with Crippen molar-refractivity contribution >= 4 is 5.91 Å². The summed E-state index contributed by atoms with van der Waals surface area (Å²) >= 11 is 0. The maximum atomic E-state index is 13.5. The second-order valence-electron chi connectivity index (χ2n) is 5.29. The number of halogens is 1. The van der Waals surface area contributed by atoms with E-state index in [0.29, 0.717) is 31.4 Å². The molecule has 0 saturated heterocycles. The molecule has 4 heteroatoms. The summed E-state index contributed by atoms with van der Waals surface area (Å²) in [6.45, 7) is 4.28. The van der Waals surface area contributed by atoms with Gasteiger partial charge >= 0.3 is 0 Å². The summed E-state index contributed by atoms with van der Waals surface area (Å²) in [6, 6.07) is 8.72. The third-order valence-corrected chi connectivity index (χ3v) is 3.64. The maximum Gasteiger partial charge on any atom is 0.240 e. The normalized spacial score (nSPS) is 11.0. The zero-order valence-corrected chi connectivity index (χ0v) is 12.8. The molecule has 0 unspecified atom stereocenters. The Morgan fingerprint density at radius 2 is 1.90 bits per heavy atom. The van der Waals surface area contributed by atoms with Gasteiger partial charge in [-0.25, -0.2) is 4.39 Å². The molecule has 0 spiro atoms. The summed E-state index contributed by atoms with van der Waals surface area (Å²) in [5.74, 6) is -0.495. The number of carbonyl (C=O) groups is 1. The van der Waals surface area contributed by atoms with Crippen LogP contribution in [0.1, 0.15) is 45.1 Å². The van der Waals surface area contributed by atoms with Gasteiger partial charge in [0.2, 0.25) is 5.91 Å². The Morgan fingerprint density at radius 3 is 2.43 bits per heavy atom. The van der Waals surface area contributed by atoms with Crippen molar-refractivity contribution in [2.24, 2.45) is 5.41 Å². The summed E-state index contributed by atoms with van der Waals surface area (Å²) in [5.41, 5.74) is -0.370. The molecular weight excluding hydrogens is 267 g/mol. The van der Waals surface area contributed by atoms with E-state index < -0.39 is 5.41 Å². The molecule has 0 atom stereocenters. The van der Waals surface area contributed by atoms with Gasteiger partial charge in [0.15, 0.2) is 0 Å². The largest absolute Gasteiger partial charge is 0.354 e. The van der Waals surface area contributed by atoms with Gasteiger partial charge in [0, 0.05) is 6.54 Å². The molecular formula is C17H23FN2O. The number of carbonyl (C=O) groups excluding carboxylic acids is 1. The van der Waals surface area contributed by atoms with Crippen molar-refractivity contribution < 1.29 is 9.18 Å². The number of nitriles is 1. The van der Waals surface area contributed by atoms with Gasteiger partial charge in [-0.15, -0.1) is 0 Å². The van der Waals surface area contributed by atoms with Crippen molar-refractivity contribution in [1.29, 1.82) is 5.26 Å². The monoisotopic (exact) mass is 290 g/mol. The van der Waals surface area contributed by atoms with Crippen LogP contribution in [0.25, 0.3) is 0 Å². The van der Waals surface area contributed by atoms with Crippen molar-refractivity contribution in [3.8, 4) is 6.07 Å². The molecule has 0 radical (unpaired) electrons. The Labute approximate surface area is 126 Å². The Bertz CT molecular complexity index is 502. The van der Waals surface area contributed by atoms with Crippen LogP contribution in [0, 0.1) is 22.6 Å². The molecule has 114 valence electrons. The predicted molar refractivity (Wildman–Crippen MR) is 81.0 cm³/mol. The highest BCUT2D eigenvalue weighted by Gasteiger charge is 2.36. The quantitative estimate of drug-likeness (QED) is 0.795. The SMILES string of the molecule is CCCC(C#N)(CCC)C(=O)NCCc1ccccc1F. The van der Waals surface area contributed by atoms with Crippen LogP contribution in [-0.4, -0.2) is 12.5 Å². The third-order valence-electron chi connectivity index (χ3n) is 3.64. The predicted octanol–water partition coefficient (Wildman–Crippen LogP) is 3.59. The Hall–Kier alpha value is -1.89. The van der Waals surface area contributed by atoms with Crippen LogP contribution in [0.5, 0.6) is 0 Å². The first-order chi connectivity index (χ1) is 10.1. The number of benzene rings is 1. The van der Waals surface area contributed by atoms with Gasteiger partial charge in [-0.2, -0.15) is 5.26 Å². The Balaban J connectivity index is 2.62. The topological polar surface area (TPSA) is 52.9 Å². The lowest BCUT2D eigenvalue weighted by Crippen LogP contribution is -2.41. The molecule has 1 amide bonds. The van der Waals surface area contributed by atoms with Gasteiger partial charge < -0.3 is 5.32 Å². The average Bonchev–Trinajstić information content (AvgIpc) is 2.48. The number of hydrogen-bond acceptors (Lipinski definition) is 2. The molecule has 0 fully saturated rings. The zero-order valence-electron chi connectivity index (χ0n) is 12.8. The highest BCUT2D eigenvalue weighted by molar-refractivity contribution is 5.85. The lowest BCUT2D eigenvalue weighted by molar-refractivity contribution is -0.128. The van der Waals surface area contributed by atoms with E-state index in [1.54, 1.807) is 18.2 Å². The van der Waals surface area contributed by atoms with E-state index in [1.807, 2.05) is 13.8 Å². The van der Waals surface area contributed by atoms with Crippen LogP contribution in [0.3, 0.4) is 0 Å². The summed E-state index contributed by atoms with van der Waals surface area (Å²) in [7, 11) is 0. The molecule has 0 aliphatic rings. The lowest BCUT2D eigenvalue weighted by atomic mass is 9.80. The molecule has 1 rings (SSSR count). The zero-order chi connectivity index (χ0) is 15.7. The summed E-state index contributed by atoms with van der Waals surface area (Å²) in [5, 5.41) is 12.2. The molecule has 0 heterocycles. The van der Waals surface area contributed by atoms with E-state index in [-0.39, 0.29) is 11.7 Å². The highest BCUT2D eigenvalue weighted by Crippen LogP contribution is 2.29. The van der Waals surface area contributed by atoms with Gasteiger partial charge in [-0.1, -0.05) is 44.9 Å². The fourth-order valence-electron chi connectivity index (χ4n) is 2.55. The number of amides is 1. The number of hydrogen-bond donors (Lipinski definition) is 1. The van der Waals surface area contributed by atoms with Crippen molar-refractivity contribution in [3.63, 3.8) is 0 Å². The smallest absolute Gasteiger partial charge is 0.240 e. The molecule has 1 aromatic carbocycles. The molecule has 3 nitrogen and oxygen atoms in total. The number of nitrogens with one attached hydrogen (secondary N) is 1. The number of rotatable bonds is 8. The van der Waals surface area contributed by atoms with Crippen LogP contribution in [0.15, 0.2) is 24.3 Å². The molecule has 1 aromatic rings. The average molecular weight is 290 g/mol. The molecule has 0 aliphatic carbocycles. The third kappa shape index (κ3) is 4.56. The minimum absolute atomic E-state index is 0.231. The molecule has 0 aromatic heterocycles. The van der Waals surface area contributed by atoms with E-state index in [1.165, 1.54) is 6.07 Å². The first-order valence-electron chi connectivity index (χ1n) is 7.52. The van der Waals surface area contributed by atoms with Crippen LogP contribution in [0.2, 0.25) is 0 Å². The number of nitrogens with zero attached hydrogens (tertiary/aromatic N) is 1. The highest BCUT2D eigenvalue weighted by atomic mass is 19.1. The molecule has 1 N–H and O–H groups in total. The van der Waals surface area contributed by atoms with Gasteiger partial charge in [0.25, 0.3) is 0 Å². The van der Waals surface area contributed by atoms with Crippen LogP contribution >= 0.6 is 0 Å². The van der Waals surface area contributed by atoms with E-state index in [9.17, 15) is 14.4 Å². The van der Waals surface area contributed by atoms with Gasteiger partial charge in [0.1, 0.15) is 11.2 Å². The second-order valence-corrected chi connectivity index (χ2v) is 5.29. The van der Waals surface area contributed by atoms with E-state index in [0.717, 1.165) is 12.8 Å². The van der Waals surface area contributed by atoms with Crippen LogP contribution < -0.4 is 5.32 Å². The minimum atomic E-state index is -0.946. The Morgan fingerprint density at radius 1 is 1.29 bits per heavy atom. The van der Waals surface area contributed by atoms with Gasteiger partial charge in [-0.3, -0.25) is 4.79 Å². The summed E-state index contributed by atoms with van der Waals surface area (Å²) in [4.78, 5) is 12.3. The molecule has 21 heavy (non-hydrogen) atoms. The van der Waals surface area contributed by atoms with E-state index >= 15 is 0 Å². The first kappa shape index (κ1) is 17.2. The molecule has 0 aliphatic heterocycles. The van der Waals surface area contributed by atoms with Crippen LogP contribution in [-0.2, 0) is 11.2 Å². The van der Waals surface area contributed by atoms with Crippen LogP contribution in [0.4, 0.5) is 4.39 Å². The lowest BCUT2D eigenvalue weighted by Gasteiger charge is -2.24. The first-order valence-corrected chi connectivity index (χ1v) is 7.52. The fraction of sp³-hybridized carbons (Fsp3) is 0.529. The van der Waals surface area contributed by atoms with Crippen molar-refractivity contribution in [2.75, 3.05) is 6.54 Å². The van der Waals surface area contributed by atoms with Gasteiger partial charge in [-0.05, 0) is 30.9 Å². The van der Waals surface area contributed by atoms with E-state index in [4.69, 9.17) is 0 Å². The minimum Gasteiger partial charge on any atom is -0.354 e. The van der Waals surface area contributed by atoms with E-state index in [2.05, 4.69) is 11.4 Å². The maximum absolute atomic E-state index is 13.5. The van der Waals surface area contributed by atoms with Crippen molar-refractivity contribution in [2.45, 2.75) is 46.0 Å². The second kappa shape index (κ2) is 8.41. The molecule has 0 bridgehead atoms. The van der Waals surface area contributed by atoms with Crippen molar-refractivity contribution in [1.82, 2.24) is 5.32 Å². The summed E-state index contributed by atoms with van der Waals surface area (Å²) in [6.07, 6.45) is 3.12. The summed E-state index contributed by atoms with van der Waals surface area (Å²) < 4.78 is 13.5.